The molecule has 24 heavy (non-hydrogen) atoms. The van der Waals surface area contributed by atoms with Gasteiger partial charge in [0.15, 0.2) is 0 Å². The Morgan fingerprint density at radius 3 is 2.33 bits per heavy atom. The van der Waals surface area contributed by atoms with E-state index in [4.69, 9.17) is 0 Å². The highest BCUT2D eigenvalue weighted by atomic mass is 79.9. The molecule has 1 aliphatic rings. The Balaban J connectivity index is 1.97. The van der Waals surface area contributed by atoms with Gasteiger partial charge in [0.05, 0.1) is 11.3 Å². The number of Topliss-reactive ketones (excluding diaryl/α,β-unsaturated/α-hetero) is 1. The van der Waals surface area contributed by atoms with Gasteiger partial charge in [0.1, 0.15) is 11.5 Å². The fraction of sp³-hybridized carbons (Fsp3) is 0. The molecule has 0 bridgehead atoms. The number of carbonyl (C=O) groups is 1. The van der Waals surface area contributed by atoms with Crippen LogP contribution in [-0.2, 0) is 0 Å². The van der Waals surface area contributed by atoms with E-state index >= 15 is 0 Å². The van der Waals surface area contributed by atoms with Crippen LogP contribution in [0.25, 0.3) is 10.8 Å². The highest BCUT2D eigenvalue weighted by molar-refractivity contribution is 9.11. The number of nitrogens with zero attached hydrogens (tertiary/aromatic N) is 1. The highest BCUT2D eigenvalue weighted by Crippen LogP contribution is 2.41. The monoisotopic (exact) mass is 507 g/mol. The van der Waals surface area contributed by atoms with Crippen LogP contribution < -0.4 is 0 Å². The minimum Gasteiger partial charge on any atom is -0.507 e. The van der Waals surface area contributed by atoms with Gasteiger partial charge in [0, 0.05) is 24.4 Å². The molecule has 1 N–H and O–H groups in total. The first-order valence-electron chi connectivity index (χ1n) is 7.00. The largest absolute Gasteiger partial charge is 0.507 e. The average molecular weight is 510 g/mol. The Morgan fingerprint density at radius 2 is 1.58 bits per heavy atom. The molecule has 0 unspecified atom stereocenters. The van der Waals surface area contributed by atoms with Crippen molar-refractivity contribution in [3.8, 4) is 5.75 Å². The lowest BCUT2D eigenvalue weighted by Gasteiger charge is -2.09. The van der Waals surface area contributed by atoms with Crippen LogP contribution in [0, 0.1) is 0 Å². The second-order valence-electron chi connectivity index (χ2n) is 5.37. The van der Waals surface area contributed by atoms with Crippen molar-refractivity contribution in [1.82, 2.24) is 0 Å². The summed E-state index contributed by atoms with van der Waals surface area (Å²) in [4.78, 5) is 17.3. The number of aromatic hydroxyl groups is 1. The Bertz CT molecular complexity index is 1070. The number of benzene rings is 3. The first kappa shape index (κ1) is 16.0. The number of phenolic OH excluding ortho intramolecular Hbond substituents is 1. The molecule has 1 heterocycles. The molecule has 0 aliphatic carbocycles. The molecule has 0 fully saturated rings. The van der Waals surface area contributed by atoms with Gasteiger partial charge in [-0.05, 0) is 39.5 Å². The average Bonchev–Trinajstić information content (AvgIpc) is 2.88. The van der Waals surface area contributed by atoms with Crippen molar-refractivity contribution in [1.29, 1.82) is 0 Å². The minimum absolute atomic E-state index is 0.0592. The van der Waals surface area contributed by atoms with E-state index in [2.05, 4.69) is 52.8 Å². The lowest BCUT2D eigenvalue weighted by Crippen LogP contribution is -2.11. The number of hydrogen-bond donors (Lipinski definition) is 1. The summed E-state index contributed by atoms with van der Waals surface area (Å²) in [5.74, 6) is -0.145. The maximum absolute atomic E-state index is 12.8. The molecule has 6 heteroatoms. The van der Waals surface area contributed by atoms with E-state index in [9.17, 15) is 9.90 Å². The van der Waals surface area contributed by atoms with Crippen molar-refractivity contribution >= 4 is 75.7 Å². The number of rotatable bonds is 1. The molecule has 0 saturated carbocycles. The molecule has 3 nitrogen and oxygen atoms in total. The summed E-state index contributed by atoms with van der Waals surface area (Å²) in [6, 6.07) is 12.8. The molecular formula is C18H8Br3NO2. The van der Waals surface area contributed by atoms with Gasteiger partial charge >= 0.3 is 0 Å². The van der Waals surface area contributed by atoms with Crippen molar-refractivity contribution in [3.63, 3.8) is 0 Å². The van der Waals surface area contributed by atoms with Gasteiger partial charge in [0.25, 0.3) is 0 Å². The molecule has 3 aromatic carbocycles. The molecule has 0 radical (unpaired) electrons. The van der Waals surface area contributed by atoms with E-state index < -0.39 is 0 Å². The molecule has 118 valence electrons. The highest BCUT2D eigenvalue weighted by Gasteiger charge is 2.30. The lowest BCUT2D eigenvalue weighted by molar-refractivity contribution is 0.107. The van der Waals surface area contributed by atoms with Gasteiger partial charge < -0.3 is 5.11 Å². The van der Waals surface area contributed by atoms with E-state index in [0.29, 0.717) is 22.2 Å². The predicted octanol–water partition coefficient (Wildman–Crippen LogP) is 6.15. The van der Waals surface area contributed by atoms with Gasteiger partial charge in [-0.15, -0.1) is 0 Å². The van der Waals surface area contributed by atoms with Crippen molar-refractivity contribution < 1.29 is 9.90 Å². The number of phenols is 1. The van der Waals surface area contributed by atoms with Crippen LogP contribution in [0.2, 0.25) is 0 Å². The molecule has 0 saturated heterocycles. The van der Waals surface area contributed by atoms with Crippen LogP contribution in [0.1, 0.15) is 15.9 Å². The molecule has 1 aliphatic heterocycles. The third kappa shape index (κ3) is 2.36. The number of halogens is 3. The van der Waals surface area contributed by atoms with E-state index in [1.807, 2.05) is 30.3 Å². The van der Waals surface area contributed by atoms with Gasteiger partial charge in [-0.25, -0.2) is 4.99 Å². The second kappa shape index (κ2) is 5.79. The van der Waals surface area contributed by atoms with Crippen LogP contribution >= 0.6 is 47.8 Å². The minimum atomic E-state index is -0.204. The maximum atomic E-state index is 12.8. The molecule has 0 atom stereocenters. The van der Waals surface area contributed by atoms with Gasteiger partial charge in [0.2, 0.25) is 5.78 Å². The van der Waals surface area contributed by atoms with Crippen molar-refractivity contribution in [3.05, 3.63) is 67.0 Å². The zero-order valence-electron chi connectivity index (χ0n) is 12.0. The summed E-state index contributed by atoms with van der Waals surface area (Å²) in [6.45, 7) is 0. The molecular weight excluding hydrogens is 502 g/mol. The summed E-state index contributed by atoms with van der Waals surface area (Å²) >= 11 is 10.3. The molecule has 0 amide bonds. The zero-order chi connectivity index (χ0) is 17.0. The molecule has 0 spiro atoms. The van der Waals surface area contributed by atoms with Crippen LogP contribution in [-0.4, -0.2) is 16.6 Å². The van der Waals surface area contributed by atoms with Crippen LogP contribution in [0.15, 0.2) is 60.9 Å². The SMILES string of the molecule is O=C1C(c2cc(Br)c3ccccc3c2O)=Nc2c(Br)cc(Br)cc21. The number of fused-ring (bicyclic) bond motifs is 2. The Labute approximate surface area is 162 Å². The summed E-state index contributed by atoms with van der Waals surface area (Å²) < 4.78 is 2.33. The fourth-order valence-corrected chi connectivity index (χ4v) is 4.71. The van der Waals surface area contributed by atoms with Crippen LogP contribution in [0.5, 0.6) is 5.75 Å². The van der Waals surface area contributed by atoms with E-state index in [0.717, 1.165) is 18.8 Å². The van der Waals surface area contributed by atoms with E-state index in [1.54, 1.807) is 12.1 Å². The predicted molar refractivity (Wildman–Crippen MR) is 106 cm³/mol. The third-order valence-corrected chi connectivity index (χ3v) is 5.65. The summed E-state index contributed by atoms with van der Waals surface area (Å²) in [5.41, 5.74) is 1.76. The Hall–Kier alpha value is -1.50. The van der Waals surface area contributed by atoms with E-state index in [-0.39, 0.29) is 17.2 Å². The van der Waals surface area contributed by atoms with Crippen LogP contribution in [0.3, 0.4) is 0 Å². The van der Waals surface area contributed by atoms with Gasteiger partial charge in [-0.3, -0.25) is 4.79 Å². The van der Waals surface area contributed by atoms with Crippen molar-refractivity contribution in [2.24, 2.45) is 4.99 Å². The molecule has 0 aromatic heterocycles. The van der Waals surface area contributed by atoms with Crippen molar-refractivity contribution in [2.75, 3.05) is 0 Å². The first-order valence-corrected chi connectivity index (χ1v) is 9.38. The first-order chi connectivity index (χ1) is 11.5. The second-order valence-corrected chi connectivity index (χ2v) is 8.00. The number of ketones is 1. The standard InChI is InChI=1S/C18H8Br3NO2/c19-8-5-11-15(14(21)6-8)22-16(18(11)24)12-7-13(20)9-3-1-2-4-10(9)17(12)23/h1-7,23H. The number of hydrogen-bond acceptors (Lipinski definition) is 3. The zero-order valence-corrected chi connectivity index (χ0v) is 16.7. The fourth-order valence-electron chi connectivity index (χ4n) is 2.82. The van der Waals surface area contributed by atoms with Gasteiger partial charge in [-0.1, -0.05) is 56.1 Å². The normalized spacial score (nSPS) is 13.3. The Morgan fingerprint density at radius 1 is 0.875 bits per heavy atom. The van der Waals surface area contributed by atoms with Gasteiger partial charge in [-0.2, -0.15) is 0 Å². The summed E-state index contributed by atoms with van der Waals surface area (Å²) in [7, 11) is 0. The molecule has 3 aromatic rings. The van der Waals surface area contributed by atoms with E-state index in [1.165, 1.54) is 0 Å². The summed E-state index contributed by atoms with van der Waals surface area (Å²) in [6.07, 6.45) is 0. The topological polar surface area (TPSA) is 49.7 Å². The smallest absolute Gasteiger partial charge is 0.214 e. The lowest BCUT2D eigenvalue weighted by atomic mass is 9.98. The molecule has 4 rings (SSSR count). The van der Waals surface area contributed by atoms with Crippen molar-refractivity contribution in [2.45, 2.75) is 0 Å². The summed E-state index contributed by atoms with van der Waals surface area (Å²) in [5, 5.41) is 12.2. The quantitative estimate of drug-likeness (QED) is 0.428. The Kier molecular flexibility index (Phi) is 3.86. The third-order valence-electron chi connectivity index (χ3n) is 3.93. The maximum Gasteiger partial charge on any atom is 0.214 e. The van der Waals surface area contributed by atoms with Crippen LogP contribution in [0.4, 0.5) is 5.69 Å². The number of carbonyl (C=O) groups excluding carboxylic acids is 1. The number of aliphatic imine (C=N–C) groups is 1.